The Morgan fingerprint density at radius 2 is 1.77 bits per heavy atom. The van der Waals surface area contributed by atoms with Gasteiger partial charge in [0.15, 0.2) is 5.82 Å². The van der Waals surface area contributed by atoms with E-state index >= 15 is 0 Å². The van der Waals surface area contributed by atoms with Gasteiger partial charge in [0.1, 0.15) is 0 Å². The van der Waals surface area contributed by atoms with Crippen molar-refractivity contribution in [3.8, 4) is 17.1 Å². The molecule has 7 nitrogen and oxygen atoms in total. The number of rotatable bonds is 6. The van der Waals surface area contributed by atoms with Crippen molar-refractivity contribution in [1.29, 1.82) is 0 Å². The number of nitrogens with zero attached hydrogens (tertiary/aromatic N) is 3. The second-order valence-corrected chi connectivity index (χ2v) is 5.85. The quantitative estimate of drug-likeness (QED) is 0.695. The minimum Gasteiger partial charge on any atom is -0.481 e. The number of aromatic nitrogens is 3. The van der Waals surface area contributed by atoms with Crippen LogP contribution in [0.5, 0.6) is 0 Å². The van der Waals surface area contributed by atoms with Crippen LogP contribution in [-0.2, 0) is 4.79 Å². The lowest BCUT2D eigenvalue weighted by Gasteiger charge is -2.05. The molecule has 0 radical (unpaired) electrons. The molecule has 0 atom stereocenters. The van der Waals surface area contributed by atoms with Gasteiger partial charge in [-0.1, -0.05) is 41.9 Å². The third-order valence-electron chi connectivity index (χ3n) is 3.54. The molecule has 0 aliphatic rings. The number of carbonyl (C=O) groups excluding carboxylic acids is 1. The van der Waals surface area contributed by atoms with Crippen LogP contribution in [0.1, 0.15) is 17.0 Å². The first-order chi connectivity index (χ1) is 12.5. The van der Waals surface area contributed by atoms with E-state index in [2.05, 4.69) is 15.4 Å². The first-order valence-electron chi connectivity index (χ1n) is 7.83. The lowest BCUT2D eigenvalue weighted by Crippen LogP contribution is -2.27. The van der Waals surface area contributed by atoms with Crippen molar-refractivity contribution in [2.24, 2.45) is 0 Å². The molecule has 2 aromatic carbocycles. The molecule has 3 aromatic rings. The van der Waals surface area contributed by atoms with E-state index in [-0.39, 0.29) is 18.8 Å². The summed E-state index contributed by atoms with van der Waals surface area (Å²) in [7, 11) is 0. The molecule has 2 N–H and O–H groups in total. The number of amides is 1. The van der Waals surface area contributed by atoms with Gasteiger partial charge in [-0.3, -0.25) is 9.59 Å². The first kappa shape index (κ1) is 17.6. The lowest BCUT2D eigenvalue weighted by molar-refractivity contribution is -0.136. The highest BCUT2D eigenvalue weighted by Crippen LogP contribution is 2.22. The Balaban J connectivity index is 1.96. The molecule has 0 aliphatic carbocycles. The molecular weight excluding hydrogens is 356 g/mol. The maximum absolute atomic E-state index is 12.2. The summed E-state index contributed by atoms with van der Waals surface area (Å²) in [5, 5.41) is 16.0. The average molecular weight is 371 g/mol. The molecule has 1 amide bonds. The van der Waals surface area contributed by atoms with Gasteiger partial charge in [-0.25, -0.2) is 9.67 Å². The van der Waals surface area contributed by atoms with E-state index in [0.717, 1.165) is 5.56 Å². The van der Waals surface area contributed by atoms with Crippen molar-refractivity contribution in [2.75, 3.05) is 6.54 Å². The number of aliphatic carboxylic acids is 1. The number of carbonyl (C=O) groups is 2. The summed E-state index contributed by atoms with van der Waals surface area (Å²) in [6.07, 6.45) is -0.171. The summed E-state index contributed by atoms with van der Waals surface area (Å²) in [5.41, 5.74) is 1.49. The summed E-state index contributed by atoms with van der Waals surface area (Å²) in [6, 6.07) is 16.3. The molecule has 26 heavy (non-hydrogen) atoms. The molecule has 132 valence electrons. The van der Waals surface area contributed by atoms with Crippen LogP contribution in [0.2, 0.25) is 5.02 Å². The van der Waals surface area contributed by atoms with E-state index < -0.39 is 11.9 Å². The van der Waals surface area contributed by atoms with Gasteiger partial charge in [-0.05, 0) is 24.3 Å². The van der Waals surface area contributed by atoms with E-state index in [1.807, 2.05) is 30.3 Å². The zero-order valence-corrected chi connectivity index (χ0v) is 14.3. The predicted molar refractivity (Wildman–Crippen MR) is 96.4 cm³/mol. The van der Waals surface area contributed by atoms with Crippen molar-refractivity contribution in [2.45, 2.75) is 6.42 Å². The second-order valence-electron chi connectivity index (χ2n) is 5.41. The van der Waals surface area contributed by atoms with E-state index in [9.17, 15) is 9.59 Å². The Hall–Kier alpha value is -3.19. The largest absolute Gasteiger partial charge is 0.481 e. The van der Waals surface area contributed by atoms with Crippen LogP contribution in [0, 0.1) is 0 Å². The zero-order chi connectivity index (χ0) is 18.5. The number of hydrogen-bond donors (Lipinski definition) is 2. The standard InChI is InChI=1S/C18H15ClN4O3/c19-13-6-8-14(9-7-13)23-17(12-4-2-1-3-5-12)21-16(22-23)18(26)20-11-10-15(24)25/h1-9H,10-11H2,(H,20,26)(H,24,25). The normalized spacial score (nSPS) is 10.5. The van der Waals surface area contributed by atoms with Gasteiger partial charge in [-0.15, -0.1) is 5.10 Å². The van der Waals surface area contributed by atoms with Crippen LogP contribution in [0.15, 0.2) is 54.6 Å². The number of hydrogen-bond acceptors (Lipinski definition) is 4. The second kappa shape index (κ2) is 7.79. The molecule has 0 bridgehead atoms. The fraction of sp³-hybridized carbons (Fsp3) is 0.111. The summed E-state index contributed by atoms with van der Waals surface area (Å²) in [4.78, 5) is 27.2. The first-order valence-corrected chi connectivity index (χ1v) is 8.21. The highest BCUT2D eigenvalue weighted by molar-refractivity contribution is 6.30. The molecule has 3 rings (SSSR count). The van der Waals surface area contributed by atoms with Gasteiger partial charge in [0.2, 0.25) is 5.82 Å². The molecule has 0 spiro atoms. The maximum atomic E-state index is 12.2. The van der Waals surface area contributed by atoms with Gasteiger partial charge >= 0.3 is 5.97 Å². The molecule has 0 saturated carbocycles. The van der Waals surface area contributed by atoms with Crippen molar-refractivity contribution in [1.82, 2.24) is 20.1 Å². The Morgan fingerprint density at radius 3 is 2.42 bits per heavy atom. The lowest BCUT2D eigenvalue weighted by atomic mass is 10.2. The topological polar surface area (TPSA) is 97.1 Å². The predicted octanol–water partition coefficient (Wildman–Crippen LogP) is 2.79. The number of halogens is 1. The molecule has 0 saturated heterocycles. The SMILES string of the molecule is O=C(O)CCNC(=O)c1nc(-c2ccccc2)n(-c2ccc(Cl)cc2)n1. The van der Waals surface area contributed by atoms with Crippen LogP contribution in [0.4, 0.5) is 0 Å². The molecule has 0 aliphatic heterocycles. The minimum absolute atomic E-state index is 0.00429. The van der Waals surface area contributed by atoms with Gasteiger partial charge < -0.3 is 10.4 Å². The van der Waals surface area contributed by atoms with Crippen molar-refractivity contribution < 1.29 is 14.7 Å². The third-order valence-corrected chi connectivity index (χ3v) is 3.79. The van der Waals surface area contributed by atoms with Gasteiger partial charge in [0.25, 0.3) is 5.91 Å². The smallest absolute Gasteiger partial charge is 0.305 e. The Bertz CT molecular complexity index is 923. The fourth-order valence-electron chi connectivity index (χ4n) is 2.31. The minimum atomic E-state index is -0.991. The monoisotopic (exact) mass is 370 g/mol. The van der Waals surface area contributed by atoms with Crippen LogP contribution in [-0.4, -0.2) is 38.3 Å². The Morgan fingerprint density at radius 1 is 1.08 bits per heavy atom. The molecule has 8 heteroatoms. The zero-order valence-electron chi connectivity index (χ0n) is 13.6. The van der Waals surface area contributed by atoms with Crippen LogP contribution in [0.3, 0.4) is 0 Å². The number of nitrogens with one attached hydrogen (secondary N) is 1. The Kier molecular flexibility index (Phi) is 5.28. The van der Waals surface area contributed by atoms with Crippen molar-refractivity contribution >= 4 is 23.5 Å². The van der Waals surface area contributed by atoms with Crippen LogP contribution in [0.25, 0.3) is 17.1 Å². The molecule has 0 unspecified atom stereocenters. The fourth-order valence-corrected chi connectivity index (χ4v) is 2.43. The average Bonchev–Trinajstić information content (AvgIpc) is 3.08. The molecule has 1 heterocycles. The van der Waals surface area contributed by atoms with Crippen molar-refractivity contribution in [3.63, 3.8) is 0 Å². The van der Waals surface area contributed by atoms with Crippen molar-refractivity contribution in [3.05, 3.63) is 65.4 Å². The highest BCUT2D eigenvalue weighted by atomic mass is 35.5. The molecular formula is C18H15ClN4O3. The van der Waals surface area contributed by atoms with Gasteiger partial charge in [0.05, 0.1) is 12.1 Å². The summed E-state index contributed by atoms with van der Waals surface area (Å²) in [6.45, 7) is 0.00429. The third kappa shape index (κ3) is 4.07. The van der Waals surface area contributed by atoms with Crippen LogP contribution >= 0.6 is 11.6 Å². The summed E-state index contributed by atoms with van der Waals surface area (Å²) < 4.78 is 1.55. The van der Waals surface area contributed by atoms with Gasteiger partial charge in [-0.2, -0.15) is 0 Å². The van der Waals surface area contributed by atoms with E-state index in [1.165, 1.54) is 0 Å². The maximum Gasteiger partial charge on any atom is 0.305 e. The Labute approximate surface area is 154 Å². The summed E-state index contributed by atoms with van der Waals surface area (Å²) in [5.74, 6) is -1.06. The highest BCUT2D eigenvalue weighted by Gasteiger charge is 2.18. The van der Waals surface area contributed by atoms with E-state index in [0.29, 0.717) is 16.5 Å². The number of carboxylic acids is 1. The number of benzene rings is 2. The van der Waals surface area contributed by atoms with Crippen LogP contribution < -0.4 is 5.32 Å². The van der Waals surface area contributed by atoms with E-state index in [4.69, 9.17) is 16.7 Å². The number of carboxylic acid groups (broad SMARTS) is 1. The molecule has 1 aromatic heterocycles. The van der Waals surface area contributed by atoms with Gasteiger partial charge in [0, 0.05) is 17.1 Å². The van der Waals surface area contributed by atoms with E-state index in [1.54, 1.807) is 28.9 Å². The molecule has 0 fully saturated rings. The summed E-state index contributed by atoms with van der Waals surface area (Å²) >= 11 is 5.94.